The van der Waals surface area contributed by atoms with Gasteiger partial charge in [0.1, 0.15) is 4.90 Å². The van der Waals surface area contributed by atoms with Crippen LogP contribution in [-0.4, -0.2) is 26.0 Å². The van der Waals surface area contributed by atoms with Gasteiger partial charge in [-0.15, -0.1) is 11.3 Å². The predicted molar refractivity (Wildman–Crippen MR) is 90.2 cm³/mol. The van der Waals surface area contributed by atoms with Gasteiger partial charge in [0, 0.05) is 13.0 Å². The molecule has 0 bridgehead atoms. The SMILES string of the molecule is CCC(CCNS(=O)(=O)c1cc(Br)sc1Br)CCC(=O)O. The minimum atomic E-state index is -3.54. The lowest BCUT2D eigenvalue weighted by atomic mass is 9.97. The largest absolute Gasteiger partial charge is 0.481 e. The van der Waals surface area contributed by atoms with Crippen LogP contribution in [0.5, 0.6) is 0 Å². The Bertz CT molecular complexity index is 586. The van der Waals surface area contributed by atoms with Crippen LogP contribution >= 0.6 is 43.2 Å². The van der Waals surface area contributed by atoms with Crippen LogP contribution in [-0.2, 0) is 14.8 Å². The number of aliphatic carboxylic acids is 1. The number of thiophene rings is 1. The molecule has 0 radical (unpaired) electrons. The molecule has 0 saturated carbocycles. The maximum absolute atomic E-state index is 12.2. The number of sulfonamides is 1. The zero-order valence-corrected chi connectivity index (χ0v) is 16.2. The molecule has 1 unspecified atom stereocenters. The van der Waals surface area contributed by atoms with Gasteiger partial charge < -0.3 is 5.11 Å². The zero-order chi connectivity index (χ0) is 16.0. The Morgan fingerprint density at radius 3 is 2.57 bits per heavy atom. The maximum atomic E-state index is 12.2. The lowest BCUT2D eigenvalue weighted by Crippen LogP contribution is -2.26. The Kier molecular flexibility index (Phi) is 7.83. The van der Waals surface area contributed by atoms with Crippen molar-refractivity contribution < 1.29 is 18.3 Å². The molecule has 120 valence electrons. The molecule has 0 aliphatic rings. The van der Waals surface area contributed by atoms with Crippen molar-refractivity contribution in [1.29, 1.82) is 0 Å². The molecule has 2 N–H and O–H groups in total. The Balaban J connectivity index is 2.54. The zero-order valence-electron chi connectivity index (χ0n) is 11.4. The summed E-state index contributed by atoms with van der Waals surface area (Å²) in [6, 6.07) is 1.55. The molecule has 1 atom stereocenters. The van der Waals surface area contributed by atoms with Gasteiger partial charge in [-0.3, -0.25) is 4.79 Å². The molecule has 9 heteroatoms. The summed E-state index contributed by atoms with van der Waals surface area (Å²) in [6.07, 6.45) is 2.16. The summed E-state index contributed by atoms with van der Waals surface area (Å²) in [7, 11) is -3.54. The summed E-state index contributed by atoms with van der Waals surface area (Å²) in [4.78, 5) is 10.8. The van der Waals surface area contributed by atoms with Crippen molar-refractivity contribution in [3.8, 4) is 0 Å². The first-order valence-electron chi connectivity index (χ1n) is 6.42. The van der Waals surface area contributed by atoms with E-state index in [0.717, 1.165) is 10.2 Å². The Morgan fingerprint density at radius 1 is 1.43 bits per heavy atom. The summed E-state index contributed by atoms with van der Waals surface area (Å²) >= 11 is 7.79. The van der Waals surface area contributed by atoms with E-state index in [0.29, 0.717) is 23.2 Å². The fourth-order valence-electron chi connectivity index (χ4n) is 1.86. The van der Waals surface area contributed by atoms with E-state index >= 15 is 0 Å². The molecule has 0 saturated heterocycles. The first-order valence-corrected chi connectivity index (χ1v) is 10.3. The van der Waals surface area contributed by atoms with Gasteiger partial charge in [-0.25, -0.2) is 13.1 Å². The lowest BCUT2D eigenvalue weighted by molar-refractivity contribution is -0.137. The van der Waals surface area contributed by atoms with Crippen molar-refractivity contribution in [3.63, 3.8) is 0 Å². The molecule has 21 heavy (non-hydrogen) atoms. The van der Waals surface area contributed by atoms with Crippen molar-refractivity contribution in [1.82, 2.24) is 4.72 Å². The summed E-state index contributed by atoms with van der Waals surface area (Å²) in [5.74, 6) is -0.609. The Morgan fingerprint density at radius 2 is 2.10 bits per heavy atom. The van der Waals surface area contributed by atoms with Gasteiger partial charge >= 0.3 is 5.97 Å². The maximum Gasteiger partial charge on any atom is 0.303 e. The second kappa shape index (κ2) is 8.61. The third kappa shape index (κ3) is 6.35. The highest BCUT2D eigenvalue weighted by molar-refractivity contribution is 9.12. The van der Waals surface area contributed by atoms with E-state index in [9.17, 15) is 13.2 Å². The third-order valence-electron chi connectivity index (χ3n) is 3.10. The molecular formula is C12H17Br2NO4S2. The quantitative estimate of drug-likeness (QED) is 0.584. The van der Waals surface area contributed by atoms with E-state index in [2.05, 4.69) is 36.6 Å². The number of rotatable bonds is 9. The average molecular weight is 463 g/mol. The summed E-state index contributed by atoms with van der Waals surface area (Å²) in [5.41, 5.74) is 0. The van der Waals surface area contributed by atoms with E-state index < -0.39 is 16.0 Å². The fourth-order valence-corrected chi connectivity index (χ4v) is 6.72. The monoisotopic (exact) mass is 461 g/mol. The third-order valence-corrected chi connectivity index (χ3v) is 7.32. The van der Waals surface area contributed by atoms with Crippen molar-refractivity contribution in [2.75, 3.05) is 6.54 Å². The number of halogens is 2. The Labute approximate surface area is 145 Å². The molecule has 0 aliphatic heterocycles. The van der Waals surface area contributed by atoms with E-state index in [1.165, 1.54) is 11.3 Å². The first-order chi connectivity index (χ1) is 9.76. The first kappa shape index (κ1) is 19.1. The fraction of sp³-hybridized carbons (Fsp3) is 0.583. The highest BCUT2D eigenvalue weighted by Gasteiger charge is 2.20. The Hall–Kier alpha value is 0.0400. The van der Waals surface area contributed by atoms with Crippen LogP contribution in [0.1, 0.15) is 32.6 Å². The van der Waals surface area contributed by atoms with Gasteiger partial charge in [0.25, 0.3) is 0 Å². The number of hydrogen-bond donors (Lipinski definition) is 2. The molecule has 0 amide bonds. The normalized spacial score (nSPS) is 13.3. The van der Waals surface area contributed by atoms with Gasteiger partial charge in [0.05, 0.1) is 7.57 Å². The minimum Gasteiger partial charge on any atom is -0.481 e. The molecule has 0 aromatic carbocycles. The predicted octanol–water partition coefficient (Wildman–Crippen LogP) is 3.83. The summed E-state index contributed by atoms with van der Waals surface area (Å²) < 4.78 is 28.2. The number of hydrogen-bond acceptors (Lipinski definition) is 4. The van der Waals surface area contributed by atoms with Crippen molar-refractivity contribution in [2.24, 2.45) is 5.92 Å². The number of carboxylic acid groups (broad SMARTS) is 1. The van der Waals surface area contributed by atoms with Gasteiger partial charge in [-0.05, 0) is 56.7 Å². The van der Waals surface area contributed by atoms with E-state index in [4.69, 9.17) is 5.11 Å². The van der Waals surface area contributed by atoms with E-state index in [-0.39, 0.29) is 17.2 Å². The molecule has 0 spiro atoms. The van der Waals surface area contributed by atoms with Crippen molar-refractivity contribution >= 4 is 59.2 Å². The molecule has 0 fully saturated rings. The molecule has 1 aromatic rings. The van der Waals surface area contributed by atoms with Gasteiger partial charge in [-0.2, -0.15) is 0 Å². The van der Waals surface area contributed by atoms with Crippen molar-refractivity contribution in [2.45, 2.75) is 37.5 Å². The second-order valence-corrected chi connectivity index (χ2v) is 10.1. The molecular weight excluding hydrogens is 446 g/mol. The second-order valence-electron chi connectivity index (χ2n) is 4.58. The molecule has 1 aromatic heterocycles. The van der Waals surface area contributed by atoms with E-state index in [1.807, 2.05) is 6.92 Å². The molecule has 0 aliphatic carbocycles. The smallest absolute Gasteiger partial charge is 0.303 e. The summed E-state index contributed by atoms with van der Waals surface area (Å²) in [5, 5.41) is 8.67. The summed E-state index contributed by atoms with van der Waals surface area (Å²) in [6.45, 7) is 2.29. The molecule has 1 rings (SSSR count). The average Bonchev–Trinajstić information content (AvgIpc) is 2.73. The highest BCUT2D eigenvalue weighted by atomic mass is 79.9. The number of nitrogens with one attached hydrogen (secondary N) is 1. The van der Waals surface area contributed by atoms with Crippen LogP contribution in [0.3, 0.4) is 0 Å². The van der Waals surface area contributed by atoms with Crippen molar-refractivity contribution in [3.05, 3.63) is 13.6 Å². The van der Waals surface area contributed by atoms with E-state index in [1.54, 1.807) is 6.07 Å². The van der Waals surface area contributed by atoms with Crippen LogP contribution in [0.2, 0.25) is 0 Å². The standard InChI is InChI=1S/C12H17Br2NO4S2/c1-2-8(3-4-11(16)17)5-6-15-21(18,19)9-7-10(13)20-12(9)14/h7-8,15H,2-6H2,1H3,(H,16,17). The van der Waals surface area contributed by atoms with Crippen LogP contribution in [0, 0.1) is 5.92 Å². The number of carbonyl (C=O) groups is 1. The number of carboxylic acids is 1. The molecule has 1 heterocycles. The van der Waals surface area contributed by atoms with Gasteiger partial charge in [-0.1, -0.05) is 13.3 Å². The van der Waals surface area contributed by atoms with Crippen LogP contribution in [0.15, 0.2) is 18.5 Å². The van der Waals surface area contributed by atoms with Gasteiger partial charge in [0.2, 0.25) is 10.0 Å². The lowest BCUT2D eigenvalue weighted by Gasteiger charge is -2.14. The van der Waals surface area contributed by atoms with Crippen LogP contribution in [0.4, 0.5) is 0 Å². The highest BCUT2D eigenvalue weighted by Crippen LogP contribution is 2.34. The molecule has 5 nitrogen and oxygen atoms in total. The van der Waals surface area contributed by atoms with Crippen LogP contribution in [0.25, 0.3) is 0 Å². The topological polar surface area (TPSA) is 83.5 Å². The van der Waals surface area contributed by atoms with Crippen LogP contribution < -0.4 is 4.72 Å². The minimum absolute atomic E-state index is 0.119. The van der Waals surface area contributed by atoms with Gasteiger partial charge in [0.15, 0.2) is 0 Å².